The number of unbranched alkanes of at least 4 members (excludes halogenated alkanes) is 4. The van der Waals surface area contributed by atoms with E-state index < -0.39 is 16.2 Å². The van der Waals surface area contributed by atoms with Gasteiger partial charge in [-0.15, -0.1) is 23.2 Å². The van der Waals surface area contributed by atoms with Gasteiger partial charge in [0.1, 0.15) is 10.3 Å². The summed E-state index contributed by atoms with van der Waals surface area (Å²) >= 11 is 11.8. The molecule has 0 bridgehead atoms. The first kappa shape index (κ1) is 21.3. The lowest BCUT2D eigenvalue weighted by atomic mass is 9.85. The molecule has 1 unspecified atom stereocenters. The van der Waals surface area contributed by atoms with Crippen molar-refractivity contribution >= 4 is 29.2 Å². The van der Waals surface area contributed by atoms with E-state index in [1.54, 1.807) is 6.92 Å². The van der Waals surface area contributed by atoms with Crippen molar-refractivity contribution in [2.45, 2.75) is 57.2 Å². The van der Waals surface area contributed by atoms with Gasteiger partial charge in [-0.2, -0.15) is 0 Å². The van der Waals surface area contributed by atoms with Gasteiger partial charge in [0.15, 0.2) is 0 Å². The van der Waals surface area contributed by atoms with Crippen LogP contribution >= 0.6 is 23.2 Å². The maximum atomic E-state index is 11.9. The van der Waals surface area contributed by atoms with Crippen LogP contribution < -0.4 is 6.15 Å². The second kappa shape index (κ2) is 11.8. The molecule has 0 aliphatic rings. The van der Waals surface area contributed by atoms with E-state index in [4.69, 9.17) is 27.9 Å². The lowest BCUT2D eigenvalue weighted by Crippen LogP contribution is -2.42. The third-order valence-corrected chi connectivity index (χ3v) is 3.94. The van der Waals surface area contributed by atoms with E-state index in [1.165, 1.54) is 6.42 Å². The van der Waals surface area contributed by atoms with Crippen molar-refractivity contribution in [1.82, 2.24) is 6.15 Å². The van der Waals surface area contributed by atoms with Crippen molar-refractivity contribution in [3.05, 3.63) is 0 Å². The van der Waals surface area contributed by atoms with Crippen LogP contribution in [0, 0.1) is 5.41 Å². The number of aliphatic hydroxyl groups excluding tert-OH is 1. The molecule has 0 saturated heterocycles. The zero-order chi connectivity index (χ0) is 14.0. The molecular formula is C13H27Cl2NO3. The van der Waals surface area contributed by atoms with Gasteiger partial charge in [-0.3, -0.25) is 4.79 Å². The van der Waals surface area contributed by atoms with Gasteiger partial charge in [0.25, 0.3) is 0 Å². The first-order valence-corrected chi connectivity index (χ1v) is 7.48. The van der Waals surface area contributed by atoms with Crippen LogP contribution in [0.3, 0.4) is 0 Å². The van der Waals surface area contributed by atoms with Crippen LogP contribution in [-0.4, -0.2) is 29.1 Å². The molecule has 116 valence electrons. The molecule has 0 spiro atoms. The Morgan fingerprint density at radius 3 is 2.21 bits per heavy atom. The van der Waals surface area contributed by atoms with Crippen molar-refractivity contribution in [1.29, 1.82) is 0 Å². The summed E-state index contributed by atoms with van der Waals surface area (Å²) in [5.74, 6) is -0.502. The van der Waals surface area contributed by atoms with Crippen LogP contribution in [0.2, 0.25) is 0 Å². The number of hydrogen-bond donors (Lipinski definition) is 2. The average molecular weight is 316 g/mol. The predicted molar refractivity (Wildman–Crippen MR) is 80.0 cm³/mol. The Hall–Kier alpha value is -0.0300. The summed E-state index contributed by atoms with van der Waals surface area (Å²) in [4.78, 5) is 11.0. The monoisotopic (exact) mass is 315 g/mol. The van der Waals surface area contributed by atoms with Crippen molar-refractivity contribution in [3.63, 3.8) is 0 Å². The molecule has 0 aromatic heterocycles. The topological polar surface area (TPSA) is 81.5 Å². The summed E-state index contributed by atoms with van der Waals surface area (Å²) in [6.07, 6.45) is 5.75. The number of aliphatic hydroxyl groups is 1. The van der Waals surface area contributed by atoms with Crippen LogP contribution in [0.15, 0.2) is 0 Å². The molecule has 0 aromatic rings. The first-order chi connectivity index (χ1) is 8.55. The third kappa shape index (κ3) is 6.80. The minimum atomic E-state index is -1.18. The minimum Gasteiger partial charge on any atom is -0.465 e. The van der Waals surface area contributed by atoms with Crippen molar-refractivity contribution in [2.75, 3.05) is 13.2 Å². The standard InChI is InChI=1S/C13H24Cl2O3.H3N/c1-3-5-6-7-8-9-13(10-16,11(14)15)12(17)18-4-2;/h11,16H,3-10H2,1-2H3;1H3. The Labute approximate surface area is 126 Å². The maximum absolute atomic E-state index is 11.9. The van der Waals surface area contributed by atoms with Crippen LogP contribution in [0.25, 0.3) is 0 Å². The number of alkyl halides is 2. The lowest BCUT2D eigenvalue weighted by Gasteiger charge is -2.30. The minimum absolute atomic E-state index is 0. The van der Waals surface area contributed by atoms with E-state index in [-0.39, 0.29) is 19.4 Å². The number of carbonyl (C=O) groups is 1. The SMILES string of the molecule is CCCCCCCC(CO)(C(=O)OCC)C(Cl)Cl.N. The summed E-state index contributed by atoms with van der Waals surface area (Å²) in [6, 6.07) is 0. The number of esters is 1. The second-order valence-corrected chi connectivity index (χ2v) is 5.60. The fourth-order valence-corrected chi connectivity index (χ4v) is 2.37. The lowest BCUT2D eigenvalue weighted by molar-refractivity contribution is -0.157. The molecular weight excluding hydrogens is 289 g/mol. The summed E-state index contributed by atoms with van der Waals surface area (Å²) < 4.78 is 4.97. The summed E-state index contributed by atoms with van der Waals surface area (Å²) in [6.45, 7) is 3.75. The van der Waals surface area contributed by atoms with Gasteiger partial charge in [-0.05, 0) is 13.3 Å². The Bertz CT molecular complexity index is 240. The molecule has 0 rings (SSSR count). The molecule has 6 heteroatoms. The van der Waals surface area contributed by atoms with Crippen LogP contribution in [0.1, 0.15) is 52.4 Å². The van der Waals surface area contributed by atoms with Crippen molar-refractivity contribution < 1.29 is 14.6 Å². The molecule has 4 nitrogen and oxygen atoms in total. The van der Waals surface area contributed by atoms with Gasteiger partial charge < -0.3 is 16.0 Å². The number of halogens is 2. The molecule has 0 radical (unpaired) electrons. The van der Waals surface area contributed by atoms with Crippen LogP contribution in [-0.2, 0) is 9.53 Å². The van der Waals surface area contributed by atoms with Crippen LogP contribution in [0.5, 0.6) is 0 Å². The van der Waals surface area contributed by atoms with E-state index in [1.807, 2.05) is 0 Å². The molecule has 0 amide bonds. The van der Waals surface area contributed by atoms with Crippen LogP contribution in [0.4, 0.5) is 0 Å². The fourth-order valence-electron chi connectivity index (χ4n) is 1.83. The fraction of sp³-hybridized carbons (Fsp3) is 0.923. The second-order valence-electron chi connectivity index (χ2n) is 4.50. The van der Waals surface area contributed by atoms with E-state index >= 15 is 0 Å². The highest BCUT2D eigenvalue weighted by atomic mass is 35.5. The molecule has 0 aliphatic heterocycles. The Morgan fingerprint density at radius 1 is 1.21 bits per heavy atom. The Balaban J connectivity index is 0. The van der Waals surface area contributed by atoms with Crippen molar-refractivity contribution in [3.8, 4) is 0 Å². The summed E-state index contributed by atoms with van der Waals surface area (Å²) in [5, 5.41) is 9.48. The van der Waals surface area contributed by atoms with Gasteiger partial charge in [0.05, 0.1) is 13.2 Å². The van der Waals surface area contributed by atoms with Gasteiger partial charge in [0.2, 0.25) is 0 Å². The Kier molecular flexibility index (Phi) is 13.2. The smallest absolute Gasteiger partial charge is 0.317 e. The predicted octanol–water partition coefficient (Wildman–Crippen LogP) is 3.85. The largest absolute Gasteiger partial charge is 0.465 e. The molecule has 1 atom stereocenters. The van der Waals surface area contributed by atoms with E-state index in [0.29, 0.717) is 6.42 Å². The maximum Gasteiger partial charge on any atom is 0.317 e. The molecule has 0 aromatic carbocycles. The normalized spacial score (nSPS) is 13.8. The molecule has 4 N–H and O–H groups in total. The molecule has 0 fully saturated rings. The average Bonchev–Trinajstić information content (AvgIpc) is 2.34. The first-order valence-electron chi connectivity index (χ1n) is 6.61. The Morgan fingerprint density at radius 2 is 1.79 bits per heavy atom. The van der Waals surface area contributed by atoms with E-state index in [9.17, 15) is 9.90 Å². The summed E-state index contributed by atoms with van der Waals surface area (Å²) in [7, 11) is 0. The molecule has 19 heavy (non-hydrogen) atoms. The van der Waals surface area contributed by atoms with E-state index in [2.05, 4.69) is 6.92 Å². The van der Waals surface area contributed by atoms with Crippen molar-refractivity contribution in [2.24, 2.45) is 5.41 Å². The molecule has 0 saturated carbocycles. The zero-order valence-corrected chi connectivity index (χ0v) is 13.5. The number of carbonyl (C=O) groups excluding carboxylic acids is 1. The highest BCUT2D eigenvalue weighted by Gasteiger charge is 2.44. The molecule has 0 heterocycles. The van der Waals surface area contributed by atoms with E-state index in [0.717, 1.165) is 25.7 Å². The van der Waals surface area contributed by atoms with Gasteiger partial charge >= 0.3 is 5.97 Å². The quantitative estimate of drug-likeness (QED) is 0.364. The molecule has 0 aliphatic carbocycles. The highest BCUT2D eigenvalue weighted by Crippen LogP contribution is 2.36. The number of hydrogen-bond acceptors (Lipinski definition) is 4. The number of ether oxygens (including phenoxy) is 1. The van der Waals surface area contributed by atoms with Gasteiger partial charge in [-0.25, -0.2) is 0 Å². The number of rotatable bonds is 10. The zero-order valence-electron chi connectivity index (χ0n) is 12.0. The summed E-state index contributed by atoms with van der Waals surface area (Å²) in [5.41, 5.74) is -1.18. The third-order valence-electron chi connectivity index (χ3n) is 3.11. The van der Waals surface area contributed by atoms with Gasteiger partial charge in [-0.1, -0.05) is 39.0 Å². The highest BCUT2D eigenvalue weighted by molar-refractivity contribution is 6.45. The van der Waals surface area contributed by atoms with Gasteiger partial charge in [0, 0.05) is 0 Å².